The zero-order valence-electron chi connectivity index (χ0n) is 18.2. The number of amides is 1. The van der Waals surface area contributed by atoms with Crippen LogP contribution in [0.25, 0.3) is 10.9 Å². The number of nitrogens with one attached hydrogen (secondary N) is 1. The zero-order chi connectivity index (χ0) is 24.0. The topological polar surface area (TPSA) is 67.4 Å². The first-order chi connectivity index (χ1) is 16.4. The fraction of sp³-hybridized carbons (Fsp3) is 0.292. The first-order valence-electron chi connectivity index (χ1n) is 10.7. The molecule has 1 aromatic heterocycles. The van der Waals surface area contributed by atoms with Gasteiger partial charge >= 0.3 is 0 Å². The smallest absolute Gasteiger partial charge is 0.246 e. The molecular formula is C24H21Cl2FN4O2S. The molecule has 2 aliphatic heterocycles. The number of hydrogen-bond acceptors (Lipinski definition) is 6. The number of fused-ring (bicyclic) bond motifs is 3. The molecule has 3 aromatic rings. The van der Waals surface area contributed by atoms with E-state index in [1.165, 1.54) is 24.5 Å². The Labute approximate surface area is 210 Å². The highest BCUT2D eigenvalue weighted by atomic mass is 35.5. The molecule has 2 unspecified atom stereocenters. The highest BCUT2D eigenvalue weighted by molar-refractivity contribution is 8.00. The number of aromatic nitrogens is 2. The SMILES string of the molecule is C=CC(=O)N1C2CC(Sc3cc4c(Nc5ccc(Cl)c(Cl)c5F)ncnc4cc3OC)CC1C2. The van der Waals surface area contributed by atoms with Crippen molar-refractivity contribution in [1.82, 2.24) is 14.9 Å². The molecule has 10 heteroatoms. The summed E-state index contributed by atoms with van der Waals surface area (Å²) >= 11 is 13.6. The van der Waals surface area contributed by atoms with E-state index in [1.54, 1.807) is 18.9 Å². The third kappa shape index (κ3) is 4.08. The van der Waals surface area contributed by atoms with Crippen LogP contribution < -0.4 is 10.1 Å². The van der Waals surface area contributed by atoms with Crippen LogP contribution in [0.4, 0.5) is 15.9 Å². The molecule has 6 rings (SSSR count). The number of rotatable bonds is 6. The first-order valence-corrected chi connectivity index (χ1v) is 12.4. The van der Waals surface area contributed by atoms with Crippen molar-refractivity contribution in [3.63, 3.8) is 0 Å². The Morgan fingerprint density at radius 3 is 2.74 bits per heavy atom. The number of carbonyl (C=O) groups is 1. The maximum absolute atomic E-state index is 14.6. The summed E-state index contributed by atoms with van der Waals surface area (Å²) in [6.45, 7) is 3.61. The van der Waals surface area contributed by atoms with E-state index in [0.717, 1.165) is 29.5 Å². The summed E-state index contributed by atoms with van der Waals surface area (Å²) in [5.74, 6) is 0.515. The van der Waals surface area contributed by atoms with Crippen molar-refractivity contribution >= 4 is 63.3 Å². The third-order valence-corrected chi connectivity index (χ3v) is 8.41. The van der Waals surface area contributed by atoms with Gasteiger partial charge < -0.3 is 15.0 Å². The van der Waals surface area contributed by atoms with Gasteiger partial charge in [-0.1, -0.05) is 29.8 Å². The molecule has 1 aliphatic carbocycles. The van der Waals surface area contributed by atoms with Crippen LogP contribution in [-0.4, -0.2) is 45.2 Å². The van der Waals surface area contributed by atoms with E-state index in [1.807, 2.05) is 17.0 Å². The van der Waals surface area contributed by atoms with Gasteiger partial charge in [-0.05, 0) is 43.5 Å². The molecule has 2 bridgehead atoms. The number of hydrogen-bond donors (Lipinski definition) is 1. The molecule has 3 aliphatic rings. The van der Waals surface area contributed by atoms with Gasteiger partial charge in [-0.15, -0.1) is 11.8 Å². The van der Waals surface area contributed by atoms with Crippen LogP contribution in [0.5, 0.6) is 5.75 Å². The summed E-state index contributed by atoms with van der Waals surface area (Å²) in [6.07, 6.45) is 5.67. The summed E-state index contributed by atoms with van der Waals surface area (Å²) < 4.78 is 20.3. The van der Waals surface area contributed by atoms with Crippen molar-refractivity contribution in [3.05, 3.63) is 59.1 Å². The summed E-state index contributed by atoms with van der Waals surface area (Å²) in [7, 11) is 1.62. The minimum absolute atomic E-state index is 0.00962. The molecule has 1 amide bonds. The normalized spacial score (nSPS) is 21.2. The number of halogens is 3. The molecule has 2 atom stereocenters. The van der Waals surface area contributed by atoms with Crippen LogP contribution in [0.2, 0.25) is 10.0 Å². The lowest BCUT2D eigenvalue weighted by atomic mass is 9.79. The molecule has 2 saturated heterocycles. The van der Waals surface area contributed by atoms with E-state index in [2.05, 4.69) is 21.9 Å². The van der Waals surface area contributed by atoms with E-state index in [9.17, 15) is 9.18 Å². The lowest BCUT2D eigenvalue weighted by Gasteiger charge is -2.54. The molecule has 1 N–H and O–H groups in total. The van der Waals surface area contributed by atoms with E-state index in [-0.39, 0.29) is 33.7 Å². The molecule has 1 saturated carbocycles. The average Bonchev–Trinajstić information content (AvgIpc) is 2.84. The van der Waals surface area contributed by atoms with Crippen LogP contribution in [0.15, 0.2) is 48.1 Å². The van der Waals surface area contributed by atoms with Gasteiger partial charge in [0.05, 0.1) is 33.3 Å². The summed E-state index contributed by atoms with van der Waals surface area (Å²) in [4.78, 5) is 23.7. The lowest BCUT2D eigenvalue weighted by molar-refractivity contribution is -0.142. The summed E-state index contributed by atoms with van der Waals surface area (Å²) in [6, 6.07) is 7.37. The van der Waals surface area contributed by atoms with Crippen molar-refractivity contribution < 1.29 is 13.9 Å². The Bertz CT molecular complexity index is 1300. The lowest BCUT2D eigenvalue weighted by Crippen LogP contribution is -2.63. The molecule has 0 radical (unpaired) electrons. The van der Waals surface area contributed by atoms with Crippen molar-refractivity contribution in [2.24, 2.45) is 0 Å². The Balaban J connectivity index is 1.44. The van der Waals surface area contributed by atoms with Gasteiger partial charge in [0.25, 0.3) is 0 Å². The molecule has 6 nitrogen and oxygen atoms in total. The van der Waals surface area contributed by atoms with Gasteiger partial charge in [-0.2, -0.15) is 0 Å². The maximum atomic E-state index is 14.6. The predicted octanol–water partition coefficient (Wildman–Crippen LogP) is 6.24. The number of ether oxygens (including phenoxy) is 1. The van der Waals surface area contributed by atoms with Crippen LogP contribution >= 0.6 is 35.0 Å². The molecule has 34 heavy (non-hydrogen) atoms. The Morgan fingerprint density at radius 1 is 1.26 bits per heavy atom. The number of nitrogens with zero attached hydrogens (tertiary/aromatic N) is 3. The minimum atomic E-state index is -0.649. The average molecular weight is 519 g/mol. The molecular weight excluding hydrogens is 498 g/mol. The second kappa shape index (κ2) is 9.24. The van der Waals surface area contributed by atoms with E-state index < -0.39 is 5.82 Å². The quantitative estimate of drug-likeness (QED) is 0.307. The monoisotopic (exact) mass is 518 g/mol. The Kier molecular flexibility index (Phi) is 6.31. The van der Waals surface area contributed by atoms with Gasteiger partial charge in [0.15, 0.2) is 5.82 Å². The zero-order valence-corrected chi connectivity index (χ0v) is 20.6. The van der Waals surface area contributed by atoms with Gasteiger partial charge in [-0.25, -0.2) is 14.4 Å². The fourth-order valence-electron chi connectivity index (χ4n) is 4.73. The van der Waals surface area contributed by atoms with Gasteiger partial charge in [0.2, 0.25) is 5.91 Å². The second-order valence-electron chi connectivity index (χ2n) is 8.29. The van der Waals surface area contributed by atoms with Gasteiger partial charge in [-0.3, -0.25) is 4.79 Å². The van der Waals surface area contributed by atoms with Crippen LogP contribution in [0.1, 0.15) is 19.3 Å². The number of benzene rings is 2. The van der Waals surface area contributed by atoms with Crippen LogP contribution in [0.3, 0.4) is 0 Å². The molecule has 3 fully saturated rings. The molecule has 2 aromatic carbocycles. The largest absolute Gasteiger partial charge is 0.496 e. The fourth-order valence-corrected chi connectivity index (χ4v) is 6.48. The van der Waals surface area contributed by atoms with Gasteiger partial charge in [0, 0.05) is 28.8 Å². The number of carbonyl (C=O) groups excluding carboxylic acids is 1. The van der Waals surface area contributed by atoms with Crippen molar-refractivity contribution in [3.8, 4) is 5.75 Å². The molecule has 3 heterocycles. The van der Waals surface area contributed by atoms with E-state index in [4.69, 9.17) is 27.9 Å². The number of anilines is 2. The third-order valence-electron chi connectivity index (χ3n) is 6.33. The van der Waals surface area contributed by atoms with Crippen molar-refractivity contribution in [2.75, 3.05) is 12.4 Å². The highest BCUT2D eigenvalue weighted by Crippen LogP contribution is 2.47. The Morgan fingerprint density at radius 2 is 2.03 bits per heavy atom. The van der Waals surface area contributed by atoms with Gasteiger partial charge in [0.1, 0.15) is 17.9 Å². The second-order valence-corrected chi connectivity index (χ2v) is 10.4. The van der Waals surface area contributed by atoms with Crippen LogP contribution in [-0.2, 0) is 4.79 Å². The number of thioether (sulfide) groups is 1. The van der Waals surface area contributed by atoms with Crippen molar-refractivity contribution in [1.29, 1.82) is 0 Å². The predicted molar refractivity (Wildman–Crippen MR) is 134 cm³/mol. The van der Waals surface area contributed by atoms with E-state index >= 15 is 0 Å². The molecule has 176 valence electrons. The standard InChI is InChI=1S/C24H21Cl2FN4O2S/c1-3-21(32)31-12-6-13(31)8-14(7-12)34-20-9-15-18(10-19(20)33-2)28-11-29-24(15)30-17-5-4-16(25)22(26)23(17)27/h3-5,9-14H,1,6-8H2,2H3,(H,28,29,30). The Hall–Kier alpha value is -2.55. The maximum Gasteiger partial charge on any atom is 0.246 e. The van der Waals surface area contributed by atoms with E-state index in [0.29, 0.717) is 22.3 Å². The first kappa shape index (κ1) is 23.2. The molecule has 0 spiro atoms. The van der Waals surface area contributed by atoms with Crippen LogP contribution in [0, 0.1) is 5.82 Å². The number of piperidine rings is 1. The minimum Gasteiger partial charge on any atom is -0.496 e. The highest BCUT2D eigenvalue weighted by Gasteiger charge is 2.47. The summed E-state index contributed by atoms with van der Waals surface area (Å²) in [5.41, 5.74) is 0.826. The number of methoxy groups -OCH3 is 1. The summed E-state index contributed by atoms with van der Waals surface area (Å²) in [5, 5.41) is 4.07. The van der Waals surface area contributed by atoms with Crippen molar-refractivity contribution in [2.45, 2.75) is 41.5 Å².